The van der Waals surface area contributed by atoms with Gasteiger partial charge in [0, 0.05) is 6.54 Å². The van der Waals surface area contributed by atoms with Crippen molar-refractivity contribution in [2.45, 2.75) is 31.8 Å². The Kier molecular flexibility index (Phi) is 3.11. The van der Waals surface area contributed by atoms with Crippen LogP contribution in [0.15, 0.2) is 24.3 Å². The van der Waals surface area contributed by atoms with Crippen molar-refractivity contribution in [3.8, 4) is 0 Å². The van der Waals surface area contributed by atoms with Gasteiger partial charge in [-0.1, -0.05) is 18.6 Å². The second kappa shape index (κ2) is 4.78. The Balaban J connectivity index is 1.77. The van der Waals surface area contributed by atoms with Crippen LogP contribution in [0.25, 0.3) is 0 Å². The quantitative estimate of drug-likeness (QED) is 0.824. The molecule has 1 aliphatic heterocycles. The van der Waals surface area contributed by atoms with Crippen molar-refractivity contribution in [1.29, 1.82) is 0 Å². The normalized spacial score (nSPS) is 26.7. The molecule has 2 atom stereocenters. The van der Waals surface area contributed by atoms with E-state index < -0.39 is 0 Å². The third-order valence-electron chi connectivity index (χ3n) is 4.07. The van der Waals surface area contributed by atoms with Crippen LogP contribution in [-0.2, 0) is 0 Å². The average Bonchev–Trinajstić information content (AvgIpc) is 2.65. The van der Waals surface area contributed by atoms with Crippen LogP contribution in [0, 0.1) is 5.92 Å². The van der Waals surface area contributed by atoms with Crippen LogP contribution in [0.2, 0.25) is 0 Å². The van der Waals surface area contributed by atoms with Crippen molar-refractivity contribution < 1.29 is 14.7 Å². The lowest BCUT2D eigenvalue weighted by Crippen LogP contribution is -2.37. The van der Waals surface area contributed by atoms with E-state index >= 15 is 0 Å². The summed E-state index contributed by atoms with van der Waals surface area (Å²) in [5.74, 6) is -0.160. The lowest BCUT2D eigenvalue weighted by Gasteiger charge is -2.28. The number of amides is 2. The second-order valence-corrected chi connectivity index (χ2v) is 5.45. The number of carbonyl (C=O) groups excluding carboxylic acids is 2. The Labute approximate surface area is 112 Å². The third kappa shape index (κ3) is 2.16. The summed E-state index contributed by atoms with van der Waals surface area (Å²) in [5.41, 5.74) is 1.01. The van der Waals surface area contributed by atoms with E-state index in [4.69, 9.17) is 0 Å². The Bertz CT molecular complexity index is 491. The van der Waals surface area contributed by atoms with Gasteiger partial charge >= 0.3 is 0 Å². The number of aliphatic hydroxyl groups is 1. The lowest BCUT2D eigenvalue weighted by molar-refractivity contribution is 0.0541. The number of aliphatic hydroxyl groups excluding tert-OH is 1. The van der Waals surface area contributed by atoms with Gasteiger partial charge in [-0.05, 0) is 37.3 Å². The van der Waals surface area contributed by atoms with E-state index in [1.165, 1.54) is 4.90 Å². The number of benzene rings is 1. The molecule has 2 unspecified atom stereocenters. The first kappa shape index (κ1) is 12.4. The van der Waals surface area contributed by atoms with E-state index in [0.717, 1.165) is 19.3 Å². The first-order chi connectivity index (χ1) is 9.16. The monoisotopic (exact) mass is 259 g/mol. The molecule has 1 aliphatic carbocycles. The van der Waals surface area contributed by atoms with Crippen LogP contribution in [0.5, 0.6) is 0 Å². The Morgan fingerprint density at radius 2 is 1.74 bits per heavy atom. The lowest BCUT2D eigenvalue weighted by atomic mass is 9.87. The first-order valence-corrected chi connectivity index (χ1v) is 6.80. The predicted octanol–water partition coefficient (Wildman–Crippen LogP) is 1.83. The van der Waals surface area contributed by atoms with Gasteiger partial charge in [-0.15, -0.1) is 0 Å². The highest BCUT2D eigenvalue weighted by atomic mass is 16.3. The smallest absolute Gasteiger partial charge is 0.261 e. The van der Waals surface area contributed by atoms with E-state index in [1.54, 1.807) is 24.3 Å². The summed E-state index contributed by atoms with van der Waals surface area (Å²) < 4.78 is 0. The molecule has 1 N–H and O–H groups in total. The van der Waals surface area contributed by atoms with E-state index in [2.05, 4.69) is 0 Å². The number of fused-ring (bicyclic) bond motifs is 1. The number of hydrogen-bond acceptors (Lipinski definition) is 3. The fourth-order valence-corrected chi connectivity index (χ4v) is 3.09. The maximum atomic E-state index is 12.2. The number of nitrogens with zero attached hydrogens (tertiary/aromatic N) is 1. The van der Waals surface area contributed by atoms with Crippen LogP contribution < -0.4 is 0 Å². The van der Waals surface area contributed by atoms with Crippen molar-refractivity contribution in [3.05, 3.63) is 35.4 Å². The number of rotatable bonds is 2. The standard InChI is InChI=1S/C15H17NO3/c17-11-5-3-4-10(8-11)9-16-14(18)12-6-1-2-7-13(12)15(16)19/h1-2,6-7,10-11,17H,3-5,8-9H2. The molecule has 1 aromatic carbocycles. The van der Waals surface area contributed by atoms with E-state index in [9.17, 15) is 14.7 Å². The summed E-state index contributed by atoms with van der Waals surface area (Å²) in [4.78, 5) is 25.8. The van der Waals surface area contributed by atoms with Crippen molar-refractivity contribution in [2.75, 3.05) is 6.54 Å². The third-order valence-corrected chi connectivity index (χ3v) is 4.07. The summed E-state index contributed by atoms with van der Waals surface area (Å²) in [6.45, 7) is 0.434. The van der Waals surface area contributed by atoms with E-state index in [1.807, 2.05) is 0 Å². The van der Waals surface area contributed by atoms with Crippen LogP contribution in [0.4, 0.5) is 0 Å². The average molecular weight is 259 g/mol. The molecule has 4 heteroatoms. The van der Waals surface area contributed by atoms with Gasteiger partial charge in [0.25, 0.3) is 11.8 Å². The highest BCUT2D eigenvalue weighted by molar-refractivity contribution is 6.21. The molecule has 3 rings (SSSR count). The van der Waals surface area contributed by atoms with Crippen LogP contribution in [0.1, 0.15) is 46.4 Å². The Morgan fingerprint density at radius 1 is 1.11 bits per heavy atom. The van der Waals surface area contributed by atoms with Crippen molar-refractivity contribution in [2.24, 2.45) is 5.92 Å². The predicted molar refractivity (Wildman–Crippen MR) is 69.8 cm³/mol. The molecule has 0 aromatic heterocycles. The topological polar surface area (TPSA) is 57.6 Å². The number of imide groups is 1. The van der Waals surface area contributed by atoms with Crippen LogP contribution >= 0.6 is 0 Å². The number of hydrogen-bond donors (Lipinski definition) is 1. The SMILES string of the molecule is O=C1c2ccccc2C(=O)N1CC1CCCC(O)C1. The molecule has 1 saturated carbocycles. The fourth-order valence-electron chi connectivity index (χ4n) is 3.09. The summed E-state index contributed by atoms with van der Waals surface area (Å²) >= 11 is 0. The van der Waals surface area contributed by atoms with Crippen molar-refractivity contribution in [3.63, 3.8) is 0 Å². The highest BCUT2D eigenvalue weighted by Crippen LogP contribution is 2.29. The van der Waals surface area contributed by atoms with Gasteiger partial charge < -0.3 is 5.11 Å². The summed E-state index contributed by atoms with van der Waals surface area (Å²) in [6.07, 6.45) is 3.18. The zero-order valence-electron chi connectivity index (χ0n) is 10.7. The van der Waals surface area contributed by atoms with Crippen molar-refractivity contribution in [1.82, 2.24) is 4.90 Å². The molecule has 2 amide bonds. The molecule has 2 aliphatic rings. The molecule has 1 fully saturated rings. The minimum atomic E-state index is -0.283. The molecule has 1 aromatic rings. The van der Waals surface area contributed by atoms with Crippen molar-refractivity contribution >= 4 is 11.8 Å². The molecule has 0 radical (unpaired) electrons. The van der Waals surface area contributed by atoms with Crippen LogP contribution in [-0.4, -0.2) is 34.5 Å². The Hall–Kier alpha value is -1.68. The minimum Gasteiger partial charge on any atom is -0.393 e. The van der Waals surface area contributed by atoms with Gasteiger partial charge in [0.1, 0.15) is 0 Å². The number of carbonyl (C=O) groups is 2. The van der Waals surface area contributed by atoms with Gasteiger partial charge in [0.05, 0.1) is 17.2 Å². The van der Waals surface area contributed by atoms with Gasteiger partial charge in [-0.3, -0.25) is 14.5 Å². The summed E-state index contributed by atoms with van der Waals surface area (Å²) in [5, 5.41) is 9.67. The molecule has 0 bridgehead atoms. The van der Waals surface area contributed by atoms with Gasteiger partial charge in [-0.2, -0.15) is 0 Å². The molecular weight excluding hydrogens is 242 g/mol. The minimum absolute atomic E-state index is 0.194. The summed E-state index contributed by atoms with van der Waals surface area (Å²) in [6, 6.07) is 6.95. The molecule has 0 saturated heterocycles. The fraction of sp³-hybridized carbons (Fsp3) is 0.467. The Morgan fingerprint density at radius 3 is 2.32 bits per heavy atom. The van der Waals surface area contributed by atoms with Gasteiger partial charge in [0.2, 0.25) is 0 Å². The molecule has 0 spiro atoms. The highest BCUT2D eigenvalue weighted by Gasteiger charge is 2.36. The van der Waals surface area contributed by atoms with Gasteiger partial charge in [0.15, 0.2) is 0 Å². The zero-order valence-corrected chi connectivity index (χ0v) is 10.7. The molecule has 100 valence electrons. The largest absolute Gasteiger partial charge is 0.393 e. The van der Waals surface area contributed by atoms with Crippen LogP contribution in [0.3, 0.4) is 0 Å². The maximum absolute atomic E-state index is 12.2. The zero-order chi connectivity index (χ0) is 13.4. The second-order valence-electron chi connectivity index (χ2n) is 5.45. The molecule has 19 heavy (non-hydrogen) atoms. The van der Waals surface area contributed by atoms with E-state index in [0.29, 0.717) is 24.1 Å². The molecular formula is C15H17NO3. The van der Waals surface area contributed by atoms with E-state index in [-0.39, 0.29) is 23.8 Å². The molecule has 4 nitrogen and oxygen atoms in total. The maximum Gasteiger partial charge on any atom is 0.261 e. The summed E-state index contributed by atoms with van der Waals surface area (Å²) in [7, 11) is 0. The first-order valence-electron chi connectivity index (χ1n) is 6.80. The molecule has 1 heterocycles. The van der Waals surface area contributed by atoms with Gasteiger partial charge in [-0.25, -0.2) is 0 Å².